The van der Waals surface area contributed by atoms with Crippen molar-refractivity contribution >= 4 is 11.9 Å². The minimum Gasteiger partial charge on any atom is -0.339 e. The van der Waals surface area contributed by atoms with E-state index in [-0.39, 0.29) is 24.6 Å². The number of halogens is 3. The van der Waals surface area contributed by atoms with Gasteiger partial charge in [-0.1, -0.05) is 30.0 Å². The maximum atomic E-state index is 12.7. The predicted molar refractivity (Wildman–Crippen MR) is 112 cm³/mol. The van der Waals surface area contributed by atoms with Gasteiger partial charge in [0.05, 0.1) is 12.1 Å². The largest absolute Gasteiger partial charge is 0.416 e. The molecule has 0 heterocycles. The van der Waals surface area contributed by atoms with Crippen molar-refractivity contribution < 1.29 is 22.8 Å². The van der Waals surface area contributed by atoms with Crippen LogP contribution >= 0.6 is 0 Å². The molecule has 0 spiro atoms. The zero-order valence-corrected chi connectivity index (χ0v) is 17.3. The molecule has 0 aliphatic carbocycles. The Labute approximate surface area is 179 Å². The Balaban J connectivity index is 1.81. The molecular weight excluding hydrogens is 407 g/mol. The van der Waals surface area contributed by atoms with Gasteiger partial charge in [0.15, 0.2) is 0 Å². The predicted octanol–water partition coefficient (Wildman–Crippen LogP) is 4.04. The van der Waals surface area contributed by atoms with Crippen molar-refractivity contribution in [3.63, 3.8) is 0 Å². The summed E-state index contributed by atoms with van der Waals surface area (Å²) in [7, 11) is 0. The monoisotopic (exact) mass is 431 g/mol. The number of amides is 3. The molecule has 2 aromatic rings. The first kappa shape index (κ1) is 23.8. The number of carbonyl (C=O) groups is 2. The molecule has 0 saturated heterocycles. The smallest absolute Gasteiger partial charge is 0.339 e. The van der Waals surface area contributed by atoms with E-state index in [0.29, 0.717) is 18.7 Å². The van der Waals surface area contributed by atoms with Gasteiger partial charge in [0.25, 0.3) is 5.91 Å². The van der Waals surface area contributed by atoms with E-state index in [1.54, 1.807) is 29.2 Å². The molecule has 31 heavy (non-hydrogen) atoms. The van der Waals surface area contributed by atoms with Crippen molar-refractivity contribution in [2.24, 2.45) is 0 Å². The summed E-state index contributed by atoms with van der Waals surface area (Å²) in [5, 5.41) is 5.18. The van der Waals surface area contributed by atoms with Gasteiger partial charge in [-0.25, -0.2) is 4.79 Å². The lowest BCUT2D eigenvalue weighted by molar-refractivity contribution is -0.137. The Bertz CT molecular complexity index is 957. The summed E-state index contributed by atoms with van der Waals surface area (Å²) in [6.07, 6.45) is -4.42. The molecule has 0 unspecified atom stereocenters. The Morgan fingerprint density at radius 3 is 2.29 bits per heavy atom. The zero-order chi connectivity index (χ0) is 22.9. The highest BCUT2D eigenvalue weighted by molar-refractivity contribution is 5.94. The van der Waals surface area contributed by atoms with Crippen LogP contribution < -0.4 is 10.6 Å². The molecule has 0 aliphatic rings. The third kappa shape index (κ3) is 7.37. The summed E-state index contributed by atoms with van der Waals surface area (Å²) in [5.41, 5.74) is 0.856. The van der Waals surface area contributed by atoms with E-state index in [9.17, 15) is 22.8 Å². The minimum atomic E-state index is -4.42. The maximum absolute atomic E-state index is 12.7. The van der Waals surface area contributed by atoms with Crippen LogP contribution in [0.5, 0.6) is 0 Å². The molecule has 0 saturated carbocycles. The molecule has 5 nitrogen and oxygen atoms in total. The van der Waals surface area contributed by atoms with Crippen LogP contribution in [0.15, 0.2) is 48.5 Å². The summed E-state index contributed by atoms with van der Waals surface area (Å²) in [5.74, 6) is 5.17. The summed E-state index contributed by atoms with van der Waals surface area (Å²) >= 11 is 0. The first-order chi connectivity index (χ1) is 14.7. The second kappa shape index (κ2) is 11.1. The first-order valence-electron chi connectivity index (χ1n) is 9.80. The molecular formula is C23H24F3N3O2. The van der Waals surface area contributed by atoms with Crippen LogP contribution in [-0.4, -0.2) is 36.5 Å². The number of hydrogen-bond acceptors (Lipinski definition) is 2. The highest BCUT2D eigenvalue weighted by atomic mass is 19.4. The number of carbonyl (C=O) groups excluding carboxylic acids is 2. The number of nitrogens with one attached hydrogen (secondary N) is 2. The van der Waals surface area contributed by atoms with Crippen LogP contribution in [0.3, 0.4) is 0 Å². The van der Waals surface area contributed by atoms with Crippen molar-refractivity contribution in [1.82, 2.24) is 15.5 Å². The van der Waals surface area contributed by atoms with Gasteiger partial charge < -0.3 is 15.5 Å². The van der Waals surface area contributed by atoms with Crippen molar-refractivity contribution in [2.75, 3.05) is 19.6 Å². The molecule has 2 rings (SSSR count). The lowest BCUT2D eigenvalue weighted by Crippen LogP contribution is -2.35. The van der Waals surface area contributed by atoms with E-state index in [4.69, 9.17) is 0 Å². The minimum absolute atomic E-state index is 0.0145. The quantitative estimate of drug-likeness (QED) is 0.679. The third-order valence-electron chi connectivity index (χ3n) is 4.46. The van der Waals surface area contributed by atoms with Crippen LogP contribution in [0, 0.1) is 11.8 Å². The number of benzene rings is 2. The van der Waals surface area contributed by atoms with Crippen LogP contribution in [0.2, 0.25) is 0 Å². The van der Waals surface area contributed by atoms with Crippen molar-refractivity contribution in [3.05, 3.63) is 70.8 Å². The molecule has 164 valence electrons. The molecule has 2 aromatic carbocycles. The molecule has 0 aliphatic heterocycles. The Morgan fingerprint density at radius 1 is 1.00 bits per heavy atom. The fourth-order valence-corrected chi connectivity index (χ4v) is 2.75. The van der Waals surface area contributed by atoms with E-state index in [0.717, 1.165) is 17.7 Å². The molecule has 0 bridgehead atoms. The van der Waals surface area contributed by atoms with Gasteiger partial charge in [0.2, 0.25) is 0 Å². The van der Waals surface area contributed by atoms with E-state index < -0.39 is 17.8 Å². The van der Waals surface area contributed by atoms with E-state index in [1.807, 2.05) is 13.8 Å². The summed E-state index contributed by atoms with van der Waals surface area (Å²) in [4.78, 5) is 25.9. The van der Waals surface area contributed by atoms with Gasteiger partial charge in [-0.3, -0.25) is 4.79 Å². The number of nitrogens with zero attached hydrogens (tertiary/aromatic N) is 1. The van der Waals surface area contributed by atoms with Crippen LogP contribution in [0.4, 0.5) is 18.0 Å². The number of hydrogen-bond donors (Lipinski definition) is 2. The van der Waals surface area contributed by atoms with E-state index in [1.165, 1.54) is 12.1 Å². The third-order valence-corrected chi connectivity index (χ3v) is 4.46. The lowest BCUT2D eigenvalue weighted by atomic mass is 10.1. The van der Waals surface area contributed by atoms with Gasteiger partial charge in [-0.05, 0) is 49.7 Å². The molecule has 2 N–H and O–H groups in total. The van der Waals surface area contributed by atoms with Crippen molar-refractivity contribution in [1.29, 1.82) is 0 Å². The van der Waals surface area contributed by atoms with Crippen LogP contribution in [0.25, 0.3) is 0 Å². The number of alkyl halides is 3. The summed E-state index contributed by atoms with van der Waals surface area (Å²) < 4.78 is 38.1. The maximum Gasteiger partial charge on any atom is 0.416 e. The normalized spacial score (nSPS) is 10.6. The Kier molecular flexibility index (Phi) is 8.50. The van der Waals surface area contributed by atoms with Gasteiger partial charge in [0, 0.05) is 30.8 Å². The second-order valence-electron chi connectivity index (χ2n) is 6.59. The van der Waals surface area contributed by atoms with Gasteiger partial charge in [-0.15, -0.1) is 0 Å². The van der Waals surface area contributed by atoms with Crippen LogP contribution in [0.1, 0.15) is 40.9 Å². The topological polar surface area (TPSA) is 61.4 Å². The molecule has 0 radical (unpaired) electrons. The van der Waals surface area contributed by atoms with Gasteiger partial charge in [0.1, 0.15) is 0 Å². The lowest BCUT2D eigenvalue weighted by Gasteiger charge is -2.18. The summed E-state index contributed by atoms with van der Waals surface area (Å²) in [6.45, 7) is 5.35. The van der Waals surface area contributed by atoms with Gasteiger partial charge >= 0.3 is 12.2 Å². The fourth-order valence-electron chi connectivity index (χ4n) is 2.75. The molecule has 3 amide bonds. The van der Waals surface area contributed by atoms with Crippen molar-refractivity contribution in [2.45, 2.75) is 26.6 Å². The second-order valence-corrected chi connectivity index (χ2v) is 6.59. The fraction of sp³-hybridized carbons (Fsp3) is 0.304. The molecule has 0 fully saturated rings. The molecule has 0 atom stereocenters. The highest BCUT2D eigenvalue weighted by Crippen LogP contribution is 2.29. The number of urea groups is 1. The Hall–Kier alpha value is -3.47. The zero-order valence-electron chi connectivity index (χ0n) is 17.3. The van der Waals surface area contributed by atoms with Crippen molar-refractivity contribution in [3.8, 4) is 11.8 Å². The van der Waals surface area contributed by atoms with E-state index >= 15 is 0 Å². The average Bonchev–Trinajstić information content (AvgIpc) is 2.76. The average molecular weight is 431 g/mol. The molecule has 8 heteroatoms. The van der Waals surface area contributed by atoms with E-state index in [2.05, 4.69) is 22.5 Å². The van der Waals surface area contributed by atoms with Crippen LogP contribution in [-0.2, 0) is 12.7 Å². The summed E-state index contributed by atoms with van der Waals surface area (Å²) in [6, 6.07) is 11.2. The molecule has 0 aromatic heterocycles. The number of rotatable bonds is 6. The Morgan fingerprint density at radius 2 is 1.68 bits per heavy atom. The SMILES string of the molecule is CCN(CC)C(=O)c1ccc(CNC(=O)NCC#Cc2cccc(C(F)(F)F)c2)cc1. The highest BCUT2D eigenvalue weighted by Gasteiger charge is 2.30. The van der Waals surface area contributed by atoms with Gasteiger partial charge in [-0.2, -0.15) is 13.2 Å². The first-order valence-corrected chi connectivity index (χ1v) is 9.80. The standard InChI is InChI=1S/C23H24F3N3O2/c1-3-29(4-2)21(30)19-12-10-18(11-13-19)16-28-22(31)27-14-6-8-17-7-5-9-20(15-17)23(24,25)26/h5,7,9-13,15H,3-4,14,16H2,1-2H3,(H2,27,28,31).